The van der Waals surface area contributed by atoms with Crippen LogP contribution in [0.3, 0.4) is 0 Å². The van der Waals surface area contributed by atoms with Crippen molar-refractivity contribution in [2.75, 3.05) is 19.6 Å². The monoisotopic (exact) mass is 420 g/mol. The minimum atomic E-state index is -3.70. The molecule has 8 heteroatoms. The highest BCUT2D eigenvalue weighted by atomic mass is 32.2. The van der Waals surface area contributed by atoms with Crippen molar-refractivity contribution < 1.29 is 16.8 Å². The van der Waals surface area contributed by atoms with E-state index in [1.165, 1.54) is 28.6 Å². The summed E-state index contributed by atoms with van der Waals surface area (Å²) >= 11 is 0. The third-order valence-electron chi connectivity index (χ3n) is 5.68. The van der Waals surface area contributed by atoms with E-state index in [4.69, 9.17) is 0 Å². The number of nitrogens with zero attached hydrogens (tertiary/aromatic N) is 1. The standard InChI is InChI=1S/C20H24N2O4S2/c23-27(24,21-16-20(12-13-20)17-6-2-1-3-7-17)18-8-10-19(11-9-18)28(25,26)22-14-4-5-15-22/h1-3,6-11,21H,4-5,12-16H2. The smallest absolute Gasteiger partial charge is 0.210 e. The second-order valence-electron chi connectivity index (χ2n) is 7.55. The highest BCUT2D eigenvalue weighted by molar-refractivity contribution is 7.89. The van der Waals surface area contributed by atoms with Gasteiger partial charge in [-0.1, -0.05) is 30.3 Å². The Morgan fingerprint density at radius 1 is 0.821 bits per heavy atom. The highest BCUT2D eigenvalue weighted by Gasteiger charge is 2.44. The molecule has 1 N–H and O–H groups in total. The van der Waals surface area contributed by atoms with Crippen molar-refractivity contribution >= 4 is 20.0 Å². The molecule has 2 aromatic carbocycles. The number of sulfonamides is 2. The number of hydrogen-bond acceptors (Lipinski definition) is 4. The molecule has 1 saturated carbocycles. The van der Waals surface area contributed by atoms with Gasteiger partial charge in [-0.3, -0.25) is 0 Å². The molecule has 0 unspecified atom stereocenters. The van der Waals surface area contributed by atoms with Crippen LogP contribution in [0.1, 0.15) is 31.2 Å². The zero-order chi connectivity index (χ0) is 19.8. The van der Waals surface area contributed by atoms with E-state index in [-0.39, 0.29) is 15.2 Å². The fourth-order valence-corrected chi connectivity index (χ4v) is 6.34. The number of nitrogens with one attached hydrogen (secondary N) is 1. The van der Waals surface area contributed by atoms with E-state index >= 15 is 0 Å². The highest BCUT2D eigenvalue weighted by Crippen LogP contribution is 2.47. The molecule has 0 bridgehead atoms. The Morgan fingerprint density at radius 3 is 1.96 bits per heavy atom. The topological polar surface area (TPSA) is 83.5 Å². The lowest BCUT2D eigenvalue weighted by Crippen LogP contribution is -2.32. The van der Waals surface area contributed by atoms with Gasteiger partial charge in [-0.25, -0.2) is 21.6 Å². The maximum absolute atomic E-state index is 12.7. The molecular formula is C20H24N2O4S2. The molecule has 2 aromatic rings. The summed E-state index contributed by atoms with van der Waals surface area (Å²) in [6, 6.07) is 15.4. The summed E-state index contributed by atoms with van der Waals surface area (Å²) in [7, 11) is -7.25. The lowest BCUT2D eigenvalue weighted by Gasteiger charge is -2.17. The van der Waals surface area contributed by atoms with Crippen LogP contribution in [0.25, 0.3) is 0 Å². The van der Waals surface area contributed by atoms with Gasteiger partial charge in [0.25, 0.3) is 0 Å². The van der Waals surface area contributed by atoms with Gasteiger partial charge < -0.3 is 0 Å². The second kappa shape index (κ2) is 7.26. The molecule has 6 nitrogen and oxygen atoms in total. The molecule has 1 heterocycles. The van der Waals surface area contributed by atoms with E-state index in [1.807, 2.05) is 30.3 Å². The SMILES string of the molecule is O=S(=O)(NCC1(c2ccccc2)CC1)c1ccc(S(=O)(=O)N2CCCC2)cc1. The van der Waals surface area contributed by atoms with Crippen molar-refractivity contribution in [1.29, 1.82) is 0 Å². The molecule has 2 fully saturated rings. The van der Waals surface area contributed by atoms with Gasteiger partial charge in [0.15, 0.2) is 0 Å². The molecule has 1 saturated heterocycles. The van der Waals surface area contributed by atoms with E-state index in [0.717, 1.165) is 31.2 Å². The van der Waals surface area contributed by atoms with E-state index < -0.39 is 20.0 Å². The van der Waals surface area contributed by atoms with Gasteiger partial charge in [0.05, 0.1) is 9.79 Å². The van der Waals surface area contributed by atoms with Gasteiger partial charge in [0.2, 0.25) is 20.0 Å². The summed E-state index contributed by atoms with van der Waals surface area (Å²) in [6.45, 7) is 1.38. The molecule has 1 aliphatic carbocycles. The minimum Gasteiger partial charge on any atom is -0.210 e. The summed E-state index contributed by atoms with van der Waals surface area (Å²) in [4.78, 5) is 0.216. The summed E-state index contributed by atoms with van der Waals surface area (Å²) in [5.41, 5.74) is 1.01. The van der Waals surface area contributed by atoms with Crippen LogP contribution in [-0.4, -0.2) is 40.8 Å². The average Bonchev–Trinajstić information content (AvgIpc) is 3.29. The van der Waals surface area contributed by atoms with E-state index in [0.29, 0.717) is 19.6 Å². The first-order valence-electron chi connectivity index (χ1n) is 9.49. The molecule has 0 radical (unpaired) electrons. The van der Waals surface area contributed by atoms with Crippen LogP contribution in [0.2, 0.25) is 0 Å². The van der Waals surface area contributed by atoms with Crippen molar-refractivity contribution in [2.24, 2.45) is 0 Å². The van der Waals surface area contributed by atoms with E-state index in [9.17, 15) is 16.8 Å². The quantitative estimate of drug-likeness (QED) is 0.746. The number of benzene rings is 2. The Labute approximate surface area is 166 Å². The fraction of sp³-hybridized carbons (Fsp3) is 0.400. The van der Waals surface area contributed by atoms with Gasteiger partial charge >= 0.3 is 0 Å². The third kappa shape index (κ3) is 3.74. The van der Waals surface area contributed by atoms with Crippen LogP contribution < -0.4 is 4.72 Å². The van der Waals surface area contributed by atoms with Crippen LogP contribution in [0.4, 0.5) is 0 Å². The van der Waals surface area contributed by atoms with Gasteiger partial charge in [-0.15, -0.1) is 0 Å². The largest absolute Gasteiger partial charge is 0.243 e. The maximum atomic E-state index is 12.7. The van der Waals surface area contributed by atoms with Gasteiger partial charge in [-0.2, -0.15) is 4.31 Å². The normalized spacial score (nSPS) is 19.6. The number of rotatable bonds is 7. The maximum Gasteiger partial charge on any atom is 0.243 e. The molecule has 1 aliphatic heterocycles. The van der Waals surface area contributed by atoms with Gasteiger partial charge in [0, 0.05) is 25.0 Å². The third-order valence-corrected chi connectivity index (χ3v) is 9.01. The van der Waals surface area contributed by atoms with E-state index in [2.05, 4.69) is 4.72 Å². The average molecular weight is 421 g/mol. The van der Waals surface area contributed by atoms with Crippen molar-refractivity contribution in [3.63, 3.8) is 0 Å². The summed E-state index contributed by atoms with van der Waals surface area (Å²) in [5.74, 6) is 0. The molecule has 0 aromatic heterocycles. The van der Waals surface area contributed by atoms with Crippen LogP contribution in [-0.2, 0) is 25.5 Å². The molecule has 150 valence electrons. The van der Waals surface area contributed by atoms with Crippen molar-refractivity contribution in [2.45, 2.75) is 40.9 Å². The first kappa shape index (κ1) is 19.6. The molecule has 2 aliphatic rings. The Morgan fingerprint density at radius 2 is 1.39 bits per heavy atom. The van der Waals surface area contributed by atoms with Gasteiger partial charge in [-0.05, 0) is 55.5 Å². The van der Waals surface area contributed by atoms with Gasteiger partial charge in [0.1, 0.15) is 0 Å². The molecule has 28 heavy (non-hydrogen) atoms. The molecule has 4 rings (SSSR count). The predicted octanol–water partition coefficient (Wildman–Crippen LogP) is 2.48. The lowest BCUT2D eigenvalue weighted by atomic mass is 9.96. The fourth-order valence-electron chi connectivity index (χ4n) is 3.69. The van der Waals surface area contributed by atoms with Crippen LogP contribution in [0.15, 0.2) is 64.4 Å². The lowest BCUT2D eigenvalue weighted by molar-refractivity contribution is 0.477. The number of hydrogen-bond donors (Lipinski definition) is 1. The Bertz CT molecular complexity index is 1040. The Kier molecular flexibility index (Phi) is 5.07. The van der Waals surface area contributed by atoms with Crippen molar-refractivity contribution in [1.82, 2.24) is 9.03 Å². The van der Waals surface area contributed by atoms with Crippen molar-refractivity contribution in [3.8, 4) is 0 Å². The molecule has 0 atom stereocenters. The zero-order valence-electron chi connectivity index (χ0n) is 15.5. The second-order valence-corrected chi connectivity index (χ2v) is 11.3. The predicted molar refractivity (Wildman–Crippen MR) is 107 cm³/mol. The van der Waals surface area contributed by atoms with Crippen LogP contribution in [0, 0.1) is 0 Å². The van der Waals surface area contributed by atoms with Crippen LogP contribution >= 0.6 is 0 Å². The summed E-state index contributed by atoms with van der Waals surface area (Å²) in [6.07, 6.45) is 3.62. The summed E-state index contributed by atoms with van der Waals surface area (Å²) < 4.78 is 54.7. The van der Waals surface area contributed by atoms with Crippen molar-refractivity contribution in [3.05, 3.63) is 60.2 Å². The van der Waals surface area contributed by atoms with E-state index in [1.54, 1.807) is 0 Å². The minimum absolute atomic E-state index is 0.0803. The van der Waals surface area contributed by atoms with Crippen LogP contribution in [0.5, 0.6) is 0 Å². The summed E-state index contributed by atoms with van der Waals surface area (Å²) in [5, 5.41) is 0. The molecule has 0 spiro atoms. The first-order chi connectivity index (χ1) is 13.3. The zero-order valence-corrected chi connectivity index (χ0v) is 17.2. The Balaban J connectivity index is 1.48. The first-order valence-corrected chi connectivity index (χ1v) is 12.4. The molecular weight excluding hydrogens is 396 g/mol. The Hall–Kier alpha value is -1.74. The molecule has 0 amide bonds.